The fourth-order valence-corrected chi connectivity index (χ4v) is 2.46. The number of Topliss-reactive ketones (excluding diaryl/α,β-unsaturated/α-hetero) is 1. The largest absolute Gasteiger partial charge is 0.489 e. The summed E-state index contributed by atoms with van der Waals surface area (Å²) in [5.41, 5.74) is 2.08. The van der Waals surface area contributed by atoms with E-state index in [0.29, 0.717) is 12.4 Å². The molecule has 0 saturated carbocycles. The molecule has 1 aromatic carbocycles. The van der Waals surface area contributed by atoms with Gasteiger partial charge in [0.1, 0.15) is 18.1 Å². The van der Waals surface area contributed by atoms with E-state index in [-0.39, 0.29) is 17.8 Å². The van der Waals surface area contributed by atoms with Gasteiger partial charge in [-0.3, -0.25) is 4.79 Å². The van der Waals surface area contributed by atoms with Crippen molar-refractivity contribution in [2.45, 2.75) is 40.5 Å². The van der Waals surface area contributed by atoms with Gasteiger partial charge in [-0.05, 0) is 36.1 Å². The van der Waals surface area contributed by atoms with Crippen LogP contribution in [-0.2, 0) is 4.79 Å². The van der Waals surface area contributed by atoms with Crippen LogP contribution >= 0.6 is 0 Å². The topological polar surface area (TPSA) is 26.3 Å². The highest BCUT2D eigenvalue weighted by Crippen LogP contribution is 2.28. The van der Waals surface area contributed by atoms with Crippen LogP contribution in [0.3, 0.4) is 0 Å². The lowest BCUT2D eigenvalue weighted by Gasteiger charge is -2.21. The Hall–Kier alpha value is -2.09. The molecule has 1 rings (SSSR count). The SMILES string of the molecule is C=C(/C=C\C=C/C)COc1ccc(C(C)C(C)C(=O)C(C)C)cc1. The number of carbonyl (C=O) groups excluding carboxylic acids is 1. The monoisotopic (exact) mass is 326 g/mol. The summed E-state index contributed by atoms with van der Waals surface area (Å²) in [4.78, 5) is 12.2. The van der Waals surface area contributed by atoms with E-state index in [1.54, 1.807) is 0 Å². The summed E-state index contributed by atoms with van der Waals surface area (Å²) >= 11 is 0. The molecule has 2 heteroatoms. The van der Waals surface area contributed by atoms with E-state index in [9.17, 15) is 4.79 Å². The zero-order valence-electron chi connectivity index (χ0n) is 15.6. The van der Waals surface area contributed by atoms with Crippen molar-refractivity contribution in [2.75, 3.05) is 6.61 Å². The normalized spacial score (nSPS) is 14.2. The fourth-order valence-electron chi connectivity index (χ4n) is 2.46. The minimum absolute atomic E-state index is 0.0216. The second-order valence-corrected chi connectivity index (χ2v) is 6.54. The second-order valence-electron chi connectivity index (χ2n) is 6.54. The van der Waals surface area contributed by atoms with E-state index in [1.807, 2.05) is 76.3 Å². The highest BCUT2D eigenvalue weighted by molar-refractivity contribution is 5.83. The Morgan fingerprint density at radius 2 is 1.75 bits per heavy atom. The van der Waals surface area contributed by atoms with Gasteiger partial charge in [0.15, 0.2) is 0 Å². The Labute approximate surface area is 146 Å². The Morgan fingerprint density at radius 3 is 2.29 bits per heavy atom. The van der Waals surface area contributed by atoms with Crippen molar-refractivity contribution in [1.29, 1.82) is 0 Å². The van der Waals surface area contributed by atoms with Gasteiger partial charge in [-0.1, -0.05) is 70.7 Å². The lowest BCUT2D eigenvalue weighted by atomic mass is 9.83. The van der Waals surface area contributed by atoms with E-state index in [4.69, 9.17) is 4.74 Å². The molecular weight excluding hydrogens is 296 g/mol. The first-order valence-corrected chi connectivity index (χ1v) is 8.60. The molecule has 130 valence electrons. The number of hydrogen-bond donors (Lipinski definition) is 0. The molecule has 0 radical (unpaired) electrons. The van der Waals surface area contributed by atoms with Gasteiger partial charge in [0, 0.05) is 11.8 Å². The van der Waals surface area contributed by atoms with Crippen LogP contribution in [0.15, 0.2) is 60.7 Å². The van der Waals surface area contributed by atoms with Gasteiger partial charge in [0.2, 0.25) is 0 Å². The summed E-state index contributed by atoms with van der Waals surface area (Å²) in [5.74, 6) is 1.43. The third kappa shape index (κ3) is 6.19. The molecule has 0 heterocycles. The molecule has 2 atom stereocenters. The first-order valence-electron chi connectivity index (χ1n) is 8.60. The summed E-state index contributed by atoms with van der Waals surface area (Å²) in [6.07, 6.45) is 7.82. The molecule has 0 aliphatic carbocycles. The Kier molecular flexibility index (Phi) is 8.25. The highest BCUT2D eigenvalue weighted by atomic mass is 16.5. The lowest BCUT2D eigenvalue weighted by Crippen LogP contribution is -2.22. The number of allylic oxidation sites excluding steroid dienone is 3. The second kappa shape index (κ2) is 9.92. The van der Waals surface area contributed by atoms with Crippen LogP contribution in [0.25, 0.3) is 0 Å². The standard InChI is InChI=1S/C22H30O2/c1-7-8-9-10-17(4)15-24-21-13-11-20(12-14-21)18(5)19(6)22(23)16(2)3/h7-14,16,18-19H,4,15H2,1-3,5-6H3/b8-7-,10-9-. The van der Waals surface area contributed by atoms with Crippen LogP contribution in [-0.4, -0.2) is 12.4 Å². The van der Waals surface area contributed by atoms with Crippen molar-refractivity contribution >= 4 is 5.78 Å². The third-order valence-corrected chi connectivity index (χ3v) is 4.23. The minimum Gasteiger partial charge on any atom is -0.489 e. The van der Waals surface area contributed by atoms with Gasteiger partial charge in [-0.2, -0.15) is 0 Å². The van der Waals surface area contributed by atoms with Gasteiger partial charge in [-0.25, -0.2) is 0 Å². The summed E-state index contributed by atoms with van der Waals surface area (Å²) < 4.78 is 5.74. The predicted molar refractivity (Wildman–Crippen MR) is 102 cm³/mol. The van der Waals surface area contributed by atoms with Crippen LogP contribution in [0.4, 0.5) is 0 Å². The predicted octanol–water partition coefficient (Wildman–Crippen LogP) is 5.72. The first kappa shape index (κ1) is 20.0. The molecule has 2 unspecified atom stereocenters. The highest BCUT2D eigenvalue weighted by Gasteiger charge is 2.23. The average Bonchev–Trinajstić information content (AvgIpc) is 2.58. The molecule has 0 amide bonds. The maximum absolute atomic E-state index is 12.2. The molecule has 0 spiro atoms. The number of rotatable bonds is 9. The molecule has 0 aromatic heterocycles. The van der Waals surface area contributed by atoms with Gasteiger partial charge in [-0.15, -0.1) is 0 Å². The number of benzene rings is 1. The molecule has 2 nitrogen and oxygen atoms in total. The molecule has 0 fully saturated rings. The van der Waals surface area contributed by atoms with Gasteiger partial charge >= 0.3 is 0 Å². The maximum Gasteiger partial charge on any atom is 0.138 e. The first-order chi connectivity index (χ1) is 11.4. The van der Waals surface area contributed by atoms with Crippen molar-refractivity contribution in [3.63, 3.8) is 0 Å². The van der Waals surface area contributed by atoms with Crippen LogP contribution in [0.1, 0.15) is 46.1 Å². The summed E-state index contributed by atoms with van der Waals surface area (Å²) in [6.45, 7) is 14.4. The van der Waals surface area contributed by atoms with Crippen molar-refractivity contribution in [2.24, 2.45) is 11.8 Å². The van der Waals surface area contributed by atoms with Crippen molar-refractivity contribution in [3.05, 3.63) is 66.3 Å². The smallest absolute Gasteiger partial charge is 0.138 e. The lowest BCUT2D eigenvalue weighted by molar-refractivity contribution is -0.125. The van der Waals surface area contributed by atoms with Crippen molar-refractivity contribution in [1.82, 2.24) is 0 Å². The zero-order valence-corrected chi connectivity index (χ0v) is 15.6. The molecule has 0 aliphatic heterocycles. The van der Waals surface area contributed by atoms with Gasteiger partial charge in [0.25, 0.3) is 0 Å². The number of ketones is 1. The van der Waals surface area contributed by atoms with E-state index in [0.717, 1.165) is 16.9 Å². The fraction of sp³-hybridized carbons (Fsp3) is 0.409. The molecule has 0 aliphatic rings. The summed E-state index contributed by atoms with van der Waals surface area (Å²) in [5, 5.41) is 0. The molecule has 0 N–H and O–H groups in total. The number of hydrogen-bond acceptors (Lipinski definition) is 2. The summed E-state index contributed by atoms with van der Waals surface area (Å²) in [6, 6.07) is 8.01. The third-order valence-electron chi connectivity index (χ3n) is 4.23. The quantitative estimate of drug-likeness (QED) is 0.543. The average molecular weight is 326 g/mol. The van der Waals surface area contributed by atoms with Crippen LogP contribution < -0.4 is 4.74 Å². The van der Waals surface area contributed by atoms with Crippen molar-refractivity contribution < 1.29 is 9.53 Å². The van der Waals surface area contributed by atoms with Crippen LogP contribution in [0.2, 0.25) is 0 Å². The molecular formula is C22H30O2. The maximum atomic E-state index is 12.2. The van der Waals surface area contributed by atoms with Gasteiger partial charge in [0.05, 0.1) is 0 Å². The van der Waals surface area contributed by atoms with Crippen molar-refractivity contribution in [3.8, 4) is 5.75 Å². The zero-order chi connectivity index (χ0) is 18.1. The van der Waals surface area contributed by atoms with Crippen LogP contribution in [0.5, 0.6) is 5.75 Å². The minimum atomic E-state index is 0.0216. The number of ether oxygens (including phenoxy) is 1. The van der Waals surface area contributed by atoms with E-state index < -0.39 is 0 Å². The molecule has 0 bridgehead atoms. The Morgan fingerprint density at radius 1 is 1.12 bits per heavy atom. The number of carbonyl (C=O) groups is 1. The van der Waals surface area contributed by atoms with Crippen LogP contribution in [0, 0.1) is 11.8 Å². The van der Waals surface area contributed by atoms with E-state index in [1.165, 1.54) is 0 Å². The molecule has 1 aromatic rings. The Balaban J connectivity index is 2.62. The molecule has 24 heavy (non-hydrogen) atoms. The molecule has 0 saturated heterocycles. The van der Waals surface area contributed by atoms with E-state index in [2.05, 4.69) is 13.5 Å². The van der Waals surface area contributed by atoms with Gasteiger partial charge < -0.3 is 4.74 Å². The Bertz CT molecular complexity index is 591. The van der Waals surface area contributed by atoms with E-state index >= 15 is 0 Å². The summed E-state index contributed by atoms with van der Waals surface area (Å²) in [7, 11) is 0.